The van der Waals surface area contributed by atoms with E-state index in [1.807, 2.05) is 0 Å². The Balaban J connectivity index is 0.000000172. The zero-order chi connectivity index (χ0) is 107. The predicted octanol–water partition coefficient (Wildman–Crippen LogP) is 19.5. The van der Waals surface area contributed by atoms with E-state index in [2.05, 4.69) is 397 Å². The van der Waals surface area contributed by atoms with Crippen molar-refractivity contribution in [1.29, 1.82) is 0 Å². The average Bonchev–Trinajstić information content (AvgIpc) is 1.59. The zero-order valence-electron chi connectivity index (χ0n) is 78.0. The maximum atomic E-state index is 13.0. The standard InChI is InChI=1S/4C18H15S.C13H18F2O5S.C8H12F2O6S.C6H6F2O8S.C6H6F2O7S/c4*1-4-10-16(11-5-1)19(17-12-6-2-7-13-17)18-14-8-3-9-15-18;14-13(15,21(17,18)19)12(16)20-6-8-4-7-5-11(8)10-3-1-2-9(7)10;1-6(11)4-2-3-5-16-7(12)8(9,10)17(13,14)15;7-6(8,17(11,12)13)4(9)14-1-3-2-15-5(10)16-3;7-6(8,16(11,12)13)5(10)15-3-1-2-14-4(3)9/h4*1-15H;7-11H,1-6H2,(H,17,18,19);2-5H2,1H3,(H,13,14,15);3H,1-2H2,(H,11,12,13);3H,1-2H2,(H,11,12,13)/q4*+1;;;;/p-4. The molecule has 2 heterocycles. The Morgan fingerprint density at radius 3 is 0.837 bits per heavy atom. The van der Waals surface area contributed by atoms with Gasteiger partial charge in [-0.05, 0) is 221 Å². The molecule has 3 saturated carbocycles. The second-order valence-electron chi connectivity index (χ2n) is 32.4. The molecule has 2 saturated heterocycles. The Kier molecular flexibility index (Phi) is 43.4. The smallest absolute Gasteiger partial charge is 0.508 e. The van der Waals surface area contributed by atoms with Gasteiger partial charge in [0.15, 0.2) is 105 Å². The summed E-state index contributed by atoms with van der Waals surface area (Å²) < 4.78 is 252. The first kappa shape index (κ1) is 116. The lowest BCUT2D eigenvalue weighted by molar-refractivity contribution is -0.172. The van der Waals surface area contributed by atoms with E-state index in [-0.39, 0.29) is 94.4 Å². The second-order valence-corrected chi connectivity index (χ2v) is 46.2. The van der Waals surface area contributed by atoms with Gasteiger partial charge in [0.05, 0.1) is 63.4 Å². The number of unbranched alkanes of at least 4 members (excludes halogenated alkanes) is 1. The minimum atomic E-state index is -6.17. The molecule has 2 bridgehead atoms. The van der Waals surface area contributed by atoms with Gasteiger partial charge >= 0.3 is 57.0 Å². The van der Waals surface area contributed by atoms with Gasteiger partial charge in [0.2, 0.25) is 6.10 Å². The van der Waals surface area contributed by atoms with Gasteiger partial charge in [-0.2, -0.15) is 35.1 Å². The molecule has 147 heavy (non-hydrogen) atoms. The Hall–Kier alpha value is -12.6. The third kappa shape index (κ3) is 33.5. The molecule has 42 heteroatoms. The van der Waals surface area contributed by atoms with Crippen LogP contribution in [0, 0.1) is 29.6 Å². The monoisotopic (exact) mass is 2180 g/mol. The van der Waals surface area contributed by atoms with E-state index in [9.17, 15) is 121 Å². The second kappa shape index (κ2) is 54.9. The van der Waals surface area contributed by atoms with Crippen LogP contribution in [0.1, 0.15) is 64.7 Å². The number of halogens is 8. The summed E-state index contributed by atoms with van der Waals surface area (Å²) in [6.07, 6.45) is 2.15. The van der Waals surface area contributed by atoms with Crippen molar-refractivity contribution in [2.45, 2.75) is 157 Å². The Morgan fingerprint density at radius 2 is 0.592 bits per heavy atom. The van der Waals surface area contributed by atoms with Crippen molar-refractivity contribution in [3.63, 3.8) is 0 Å². The Bertz CT molecular complexity index is 5860. The molecule has 0 radical (unpaired) electrons. The van der Waals surface area contributed by atoms with Crippen molar-refractivity contribution >= 4 is 126 Å². The summed E-state index contributed by atoms with van der Waals surface area (Å²) in [6.45, 7) is -0.653. The normalized spacial score (nSPS) is 17.1. The van der Waals surface area contributed by atoms with Gasteiger partial charge in [0.1, 0.15) is 19.0 Å². The molecule has 0 amide bonds. The summed E-state index contributed by atoms with van der Waals surface area (Å²) in [5, 5.41) is -20.5. The summed E-state index contributed by atoms with van der Waals surface area (Å²) in [7, 11) is -24.5. The molecule has 5 aliphatic rings. The highest BCUT2D eigenvalue weighted by Crippen LogP contribution is 2.61. The van der Waals surface area contributed by atoms with Crippen LogP contribution in [-0.4, -0.2) is 160 Å². The number of carbonyl (C=O) groups is 7. The van der Waals surface area contributed by atoms with Crippen LogP contribution in [0.2, 0.25) is 0 Å². The minimum absolute atomic E-state index is 0.0146. The maximum Gasteiger partial charge on any atom is 0.508 e. The number of carbonyl (C=O) groups excluding carboxylic acids is 7. The number of fused-ring (bicyclic) bond motifs is 5. The van der Waals surface area contributed by atoms with Crippen LogP contribution in [-0.2, 0) is 146 Å². The van der Waals surface area contributed by atoms with Crippen LogP contribution < -0.4 is 0 Å². The molecule has 2 aliphatic heterocycles. The van der Waals surface area contributed by atoms with Crippen molar-refractivity contribution in [1.82, 2.24) is 0 Å². The number of cyclic esters (lactones) is 3. The quantitative estimate of drug-likeness (QED) is 0.0101. The minimum Gasteiger partial charge on any atom is -0.743 e. The molecule has 0 N–H and O–H groups in total. The highest BCUT2D eigenvalue weighted by atomic mass is 32.2. The van der Waals surface area contributed by atoms with E-state index >= 15 is 0 Å². The lowest BCUT2D eigenvalue weighted by Gasteiger charge is -2.31. The summed E-state index contributed by atoms with van der Waals surface area (Å²) in [6, 6.07) is 129. The maximum absolute atomic E-state index is 13.0. The van der Waals surface area contributed by atoms with Gasteiger partial charge < -0.3 is 56.2 Å². The van der Waals surface area contributed by atoms with E-state index in [0.717, 1.165) is 25.2 Å². The van der Waals surface area contributed by atoms with Gasteiger partial charge in [-0.25, -0.2) is 62.4 Å². The molecule has 12 aromatic rings. The topological polar surface area (TPSA) is 413 Å². The van der Waals surface area contributed by atoms with Crippen molar-refractivity contribution in [2.75, 3.05) is 33.0 Å². The number of hydrogen-bond acceptors (Lipinski definition) is 26. The van der Waals surface area contributed by atoms with E-state index in [1.165, 1.54) is 78.5 Å². The summed E-state index contributed by atoms with van der Waals surface area (Å²) in [4.78, 5) is 90.9. The highest BCUT2D eigenvalue weighted by Gasteiger charge is 2.56. The lowest BCUT2D eigenvalue weighted by atomic mass is 9.76. The Morgan fingerprint density at radius 1 is 0.333 bits per heavy atom. The number of alkyl halides is 8. The first-order valence-corrected chi connectivity index (χ1v) is 55.6. The van der Waals surface area contributed by atoms with Crippen molar-refractivity contribution in [2.24, 2.45) is 29.6 Å². The van der Waals surface area contributed by atoms with Crippen molar-refractivity contribution in [3.05, 3.63) is 364 Å². The van der Waals surface area contributed by atoms with Crippen LogP contribution in [0.5, 0.6) is 0 Å². The fourth-order valence-corrected chi connectivity index (χ4v) is 25.1. The van der Waals surface area contributed by atoms with Gasteiger partial charge in [-0.15, -0.1) is 0 Å². The molecule has 17 rings (SSSR count). The van der Waals surface area contributed by atoms with Crippen LogP contribution >= 0.6 is 0 Å². The SMILES string of the molecule is CC(=O)CCCCOC(=O)C(F)(F)S(=O)(=O)[O-].O=C(OCC1CC2CC1C1CCCC21)C(F)(F)S(=O)(=O)[O-].O=C1OCC(COC(=O)C(F)(F)S(=O)(=O)[O-])O1.O=C1OCCC1OC(=O)C(F)(F)S(=O)(=O)[O-].c1ccc([S+](c2ccccc2)c2ccccc2)cc1.c1ccc([S+](c2ccccc2)c2ccccc2)cc1.c1ccc([S+](c2ccccc2)c2ccccc2)cc1.c1ccc([S+](c2ccccc2)c2ccccc2)cc1. The molecule has 3 aliphatic carbocycles. The molecule has 0 spiro atoms. The zero-order valence-corrected chi connectivity index (χ0v) is 84.5. The number of esters is 5. The number of hydrogen-bond donors (Lipinski definition) is 0. The fourth-order valence-electron chi connectivity index (χ4n) is 15.6. The van der Waals surface area contributed by atoms with Crippen LogP contribution in [0.25, 0.3) is 0 Å². The number of Topliss-reactive ketones (excluding diaryl/α,β-unsaturated/α-hetero) is 1. The summed E-state index contributed by atoms with van der Waals surface area (Å²) in [5.74, 6) is -8.62. The highest BCUT2D eigenvalue weighted by molar-refractivity contribution is 7.98. The molecule has 5 fully saturated rings. The lowest BCUT2D eigenvalue weighted by Crippen LogP contribution is -2.41. The first-order valence-electron chi connectivity index (χ1n) is 45.0. The third-order valence-corrected chi connectivity index (χ3v) is 34.4. The molecule has 7 unspecified atom stereocenters. The van der Waals surface area contributed by atoms with E-state index in [1.54, 1.807) is 0 Å². The van der Waals surface area contributed by atoms with Gasteiger partial charge in [-0.3, -0.25) is 0 Å². The molecule has 26 nitrogen and oxygen atoms in total. The van der Waals surface area contributed by atoms with Crippen molar-refractivity contribution in [3.8, 4) is 0 Å². The van der Waals surface area contributed by atoms with Crippen LogP contribution in [0.3, 0.4) is 0 Å². The molecule has 7 atom stereocenters. The number of rotatable bonds is 30. The summed E-state index contributed by atoms with van der Waals surface area (Å²) >= 11 is 0. The van der Waals surface area contributed by atoms with Crippen LogP contribution in [0.15, 0.2) is 423 Å². The molecule has 0 aromatic heterocycles. The molecular weight excluding hydrogens is 2090 g/mol. The average molecular weight is 2180 g/mol. The first-order chi connectivity index (χ1) is 69.9. The van der Waals surface area contributed by atoms with Gasteiger partial charge in [0, 0.05) is 12.8 Å². The third-order valence-electron chi connectivity index (χ3n) is 22.3. The van der Waals surface area contributed by atoms with Gasteiger partial charge in [-0.1, -0.05) is 225 Å². The Labute approximate surface area is 856 Å². The number of ether oxygens (including phenoxy) is 7. The van der Waals surface area contributed by atoms with E-state index in [4.69, 9.17) is 0 Å². The fraction of sp³-hybridized carbons (Fsp3) is 0.248. The molecule has 778 valence electrons. The largest absolute Gasteiger partial charge is 0.743 e. The number of benzene rings is 12. The summed E-state index contributed by atoms with van der Waals surface area (Å²) in [5.41, 5.74) is 0. The van der Waals surface area contributed by atoms with E-state index < -0.39 is 123 Å². The number of ketones is 1. The van der Waals surface area contributed by atoms with E-state index in [0.29, 0.717) is 24.2 Å². The molecule has 12 aromatic carbocycles. The predicted molar refractivity (Wildman–Crippen MR) is 524 cm³/mol. The van der Waals surface area contributed by atoms with Crippen molar-refractivity contribution < 1.29 is 154 Å². The van der Waals surface area contributed by atoms with Gasteiger partial charge in [0.25, 0.3) is 0 Å². The molecular formula is C105H98F8O26S8. The van der Waals surface area contributed by atoms with Crippen LogP contribution in [0.4, 0.5) is 39.9 Å².